The second-order valence-corrected chi connectivity index (χ2v) is 6.02. The van der Waals surface area contributed by atoms with Crippen LogP contribution >= 0.6 is 11.8 Å². The SMILES string of the molecule is CCCCCNC(=O)CSc1nnc(-c2ccccc2)n1C. The van der Waals surface area contributed by atoms with Gasteiger partial charge in [0.2, 0.25) is 5.91 Å². The molecule has 0 aliphatic rings. The Morgan fingerprint density at radius 1 is 1.23 bits per heavy atom. The molecular weight excluding hydrogens is 296 g/mol. The number of amides is 1. The van der Waals surface area contributed by atoms with Gasteiger partial charge >= 0.3 is 0 Å². The van der Waals surface area contributed by atoms with Crippen LogP contribution in [0.3, 0.4) is 0 Å². The van der Waals surface area contributed by atoms with Crippen LogP contribution in [0.2, 0.25) is 0 Å². The summed E-state index contributed by atoms with van der Waals surface area (Å²) in [6.45, 7) is 2.90. The minimum absolute atomic E-state index is 0.0466. The van der Waals surface area contributed by atoms with Crippen LogP contribution in [0.25, 0.3) is 11.4 Å². The maximum Gasteiger partial charge on any atom is 0.230 e. The van der Waals surface area contributed by atoms with Gasteiger partial charge in [0.25, 0.3) is 0 Å². The van der Waals surface area contributed by atoms with Gasteiger partial charge in [-0.25, -0.2) is 0 Å². The molecule has 6 heteroatoms. The Morgan fingerprint density at radius 3 is 2.73 bits per heavy atom. The summed E-state index contributed by atoms with van der Waals surface area (Å²) in [7, 11) is 1.92. The molecule has 118 valence electrons. The van der Waals surface area contributed by atoms with E-state index in [1.54, 1.807) is 0 Å². The van der Waals surface area contributed by atoms with E-state index >= 15 is 0 Å². The third-order valence-corrected chi connectivity index (χ3v) is 4.32. The first-order valence-corrected chi connectivity index (χ1v) is 8.55. The number of aromatic nitrogens is 3. The highest BCUT2D eigenvalue weighted by Crippen LogP contribution is 2.22. The van der Waals surface area contributed by atoms with Gasteiger partial charge in [0.05, 0.1) is 5.75 Å². The molecule has 0 atom stereocenters. The van der Waals surface area contributed by atoms with Gasteiger partial charge in [0.15, 0.2) is 11.0 Å². The van der Waals surface area contributed by atoms with E-state index in [0.717, 1.165) is 42.4 Å². The number of nitrogens with one attached hydrogen (secondary N) is 1. The van der Waals surface area contributed by atoms with E-state index in [1.807, 2.05) is 41.9 Å². The number of hydrogen-bond donors (Lipinski definition) is 1. The molecule has 0 spiro atoms. The normalized spacial score (nSPS) is 10.6. The molecule has 0 aliphatic heterocycles. The first-order chi connectivity index (χ1) is 10.7. The molecule has 1 aromatic heterocycles. The van der Waals surface area contributed by atoms with Crippen LogP contribution in [0.1, 0.15) is 26.2 Å². The maximum atomic E-state index is 11.8. The van der Waals surface area contributed by atoms with E-state index in [0.29, 0.717) is 5.75 Å². The number of carbonyl (C=O) groups is 1. The molecule has 0 bridgehead atoms. The minimum atomic E-state index is 0.0466. The molecule has 1 N–H and O–H groups in total. The summed E-state index contributed by atoms with van der Waals surface area (Å²) in [5.41, 5.74) is 1.02. The minimum Gasteiger partial charge on any atom is -0.355 e. The van der Waals surface area contributed by atoms with Crippen molar-refractivity contribution in [1.29, 1.82) is 0 Å². The molecular formula is C16H22N4OS. The van der Waals surface area contributed by atoms with Gasteiger partial charge < -0.3 is 9.88 Å². The van der Waals surface area contributed by atoms with E-state index in [-0.39, 0.29) is 5.91 Å². The van der Waals surface area contributed by atoms with Gasteiger partial charge in [-0.15, -0.1) is 10.2 Å². The molecule has 0 radical (unpaired) electrons. The summed E-state index contributed by atoms with van der Waals surface area (Å²) in [6, 6.07) is 9.91. The van der Waals surface area contributed by atoms with Crippen molar-refractivity contribution in [3.8, 4) is 11.4 Å². The lowest BCUT2D eigenvalue weighted by Crippen LogP contribution is -2.26. The van der Waals surface area contributed by atoms with Crippen molar-refractivity contribution in [2.45, 2.75) is 31.3 Å². The van der Waals surface area contributed by atoms with Crippen LogP contribution in [0.4, 0.5) is 0 Å². The average Bonchev–Trinajstić information content (AvgIpc) is 2.91. The van der Waals surface area contributed by atoms with Crippen molar-refractivity contribution in [2.24, 2.45) is 7.05 Å². The monoisotopic (exact) mass is 318 g/mol. The van der Waals surface area contributed by atoms with Gasteiger partial charge in [-0.05, 0) is 6.42 Å². The topological polar surface area (TPSA) is 59.8 Å². The van der Waals surface area contributed by atoms with E-state index in [4.69, 9.17) is 0 Å². The van der Waals surface area contributed by atoms with Crippen LogP contribution in [-0.2, 0) is 11.8 Å². The lowest BCUT2D eigenvalue weighted by molar-refractivity contribution is -0.118. The molecule has 1 aromatic carbocycles. The lowest BCUT2D eigenvalue weighted by Gasteiger charge is -2.05. The zero-order chi connectivity index (χ0) is 15.8. The Kier molecular flexibility index (Phi) is 6.45. The molecule has 1 heterocycles. The second-order valence-electron chi connectivity index (χ2n) is 5.08. The fourth-order valence-corrected chi connectivity index (χ4v) is 2.80. The van der Waals surface area contributed by atoms with Crippen LogP contribution in [0.5, 0.6) is 0 Å². The zero-order valence-electron chi connectivity index (χ0n) is 13.1. The van der Waals surface area contributed by atoms with Crippen LogP contribution < -0.4 is 5.32 Å². The van der Waals surface area contributed by atoms with E-state index in [1.165, 1.54) is 11.8 Å². The smallest absolute Gasteiger partial charge is 0.230 e. The second kappa shape index (κ2) is 8.58. The fourth-order valence-electron chi connectivity index (χ4n) is 2.06. The number of nitrogens with zero attached hydrogens (tertiary/aromatic N) is 3. The van der Waals surface area contributed by atoms with Crippen molar-refractivity contribution in [2.75, 3.05) is 12.3 Å². The summed E-state index contributed by atoms with van der Waals surface area (Å²) < 4.78 is 1.92. The van der Waals surface area contributed by atoms with Crippen LogP contribution in [0, 0.1) is 0 Å². The van der Waals surface area contributed by atoms with Gasteiger partial charge in [-0.3, -0.25) is 4.79 Å². The number of hydrogen-bond acceptors (Lipinski definition) is 4. The van der Waals surface area contributed by atoms with Crippen LogP contribution in [0.15, 0.2) is 35.5 Å². The molecule has 0 saturated carbocycles. The highest BCUT2D eigenvalue weighted by molar-refractivity contribution is 7.99. The summed E-state index contributed by atoms with van der Waals surface area (Å²) in [6.07, 6.45) is 3.35. The third kappa shape index (κ3) is 4.59. The maximum absolute atomic E-state index is 11.8. The van der Waals surface area contributed by atoms with Gasteiger partial charge in [0, 0.05) is 19.2 Å². The highest BCUT2D eigenvalue weighted by Gasteiger charge is 2.12. The predicted octanol–water partition coefficient (Wildman–Crippen LogP) is 2.88. The lowest BCUT2D eigenvalue weighted by atomic mass is 10.2. The molecule has 0 unspecified atom stereocenters. The molecule has 0 fully saturated rings. The molecule has 0 aliphatic carbocycles. The average molecular weight is 318 g/mol. The molecule has 2 aromatic rings. The number of benzene rings is 1. The Labute approximate surface area is 135 Å². The quantitative estimate of drug-likeness (QED) is 0.600. The Balaban J connectivity index is 1.87. The van der Waals surface area contributed by atoms with Gasteiger partial charge in [-0.1, -0.05) is 61.9 Å². The molecule has 2 rings (SSSR count). The Hall–Kier alpha value is -1.82. The summed E-state index contributed by atoms with van der Waals surface area (Å²) in [5.74, 6) is 1.23. The third-order valence-electron chi connectivity index (χ3n) is 3.30. The van der Waals surface area contributed by atoms with Crippen molar-refractivity contribution in [3.63, 3.8) is 0 Å². The Bertz CT molecular complexity index is 597. The first kappa shape index (κ1) is 16.5. The first-order valence-electron chi connectivity index (χ1n) is 7.56. The summed E-state index contributed by atoms with van der Waals surface area (Å²) in [5, 5.41) is 12.1. The molecule has 0 saturated heterocycles. The predicted molar refractivity (Wildman–Crippen MR) is 89.7 cm³/mol. The highest BCUT2D eigenvalue weighted by atomic mass is 32.2. The summed E-state index contributed by atoms with van der Waals surface area (Å²) in [4.78, 5) is 11.8. The van der Waals surface area contributed by atoms with Crippen molar-refractivity contribution in [3.05, 3.63) is 30.3 Å². The van der Waals surface area contributed by atoms with E-state index in [9.17, 15) is 4.79 Å². The van der Waals surface area contributed by atoms with E-state index < -0.39 is 0 Å². The Morgan fingerprint density at radius 2 is 2.00 bits per heavy atom. The number of thioether (sulfide) groups is 1. The van der Waals surface area contributed by atoms with Gasteiger partial charge in [-0.2, -0.15) is 0 Å². The van der Waals surface area contributed by atoms with Crippen molar-refractivity contribution >= 4 is 17.7 Å². The van der Waals surface area contributed by atoms with Gasteiger partial charge in [0.1, 0.15) is 0 Å². The zero-order valence-corrected chi connectivity index (χ0v) is 13.9. The van der Waals surface area contributed by atoms with Crippen molar-refractivity contribution < 1.29 is 4.79 Å². The fraction of sp³-hybridized carbons (Fsp3) is 0.438. The number of rotatable bonds is 8. The molecule has 5 nitrogen and oxygen atoms in total. The largest absolute Gasteiger partial charge is 0.355 e. The van der Waals surface area contributed by atoms with Crippen molar-refractivity contribution in [1.82, 2.24) is 20.1 Å². The number of carbonyl (C=O) groups excluding carboxylic acids is 1. The molecule has 1 amide bonds. The summed E-state index contributed by atoms with van der Waals surface area (Å²) >= 11 is 1.41. The molecule has 22 heavy (non-hydrogen) atoms. The number of unbranched alkanes of at least 4 members (excludes halogenated alkanes) is 2. The standard InChI is InChI=1S/C16H22N4OS/c1-3-4-8-11-17-14(21)12-22-16-19-18-15(20(16)2)13-9-6-5-7-10-13/h5-7,9-10H,3-4,8,11-12H2,1-2H3,(H,17,21). The van der Waals surface area contributed by atoms with Crippen LogP contribution in [-0.4, -0.2) is 33.0 Å². The van der Waals surface area contributed by atoms with E-state index in [2.05, 4.69) is 22.4 Å².